The second-order valence-electron chi connectivity index (χ2n) is 4.32. The van der Waals surface area contributed by atoms with E-state index in [9.17, 15) is 8.42 Å². The Labute approximate surface area is 102 Å². The molecule has 1 aromatic heterocycles. The normalized spacial score (nSPS) is 22.8. The van der Waals surface area contributed by atoms with Crippen molar-refractivity contribution in [1.82, 2.24) is 19.0 Å². The predicted molar refractivity (Wildman–Crippen MR) is 64.4 cm³/mol. The zero-order valence-electron chi connectivity index (χ0n) is 9.89. The average molecular weight is 258 g/mol. The van der Waals surface area contributed by atoms with Crippen LogP contribution in [0.5, 0.6) is 0 Å². The molecule has 1 atom stereocenters. The first-order valence-corrected chi connectivity index (χ1v) is 7.28. The molecule has 96 valence electrons. The number of rotatable bonds is 4. The van der Waals surface area contributed by atoms with E-state index in [0.717, 1.165) is 19.3 Å². The lowest BCUT2D eigenvalue weighted by Gasteiger charge is -2.32. The maximum Gasteiger partial charge on any atom is 0.280 e. The maximum atomic E-state index is 12.1. The van der Waals surface area contributed by atoms with Crippen molar-refractivity contribution in [3.05, 3.63) is 18.2 Å². The third kappa shape index (κ3) is 3.05. The zero-order chi connectivity index (χ0) is 12.3. The van der Waals surface area contributed by atoms with Gasteiger partial charge >= 0.3 is 0 Å². The van der Waals surface area contributed by atoms with Crippen molar-refractivity contribution in [1.29, 1.82) is 0 Å². The lowest BCUT2D eigenvalue weighted by atomic mass is 10.1. The summed E-state index contributed by atoms with van der Waals surface area (Å²) in [4.78, 5) is 6.85. The van der Waals surface area contributed by atoms with Crippen molar-refractivity contribution in [2.45, 2.75) is 38.8 Å². The van der Waals surface area contributed by atoms with Crippen LogP contribution in [0.25, 0.3) is 0 Å². The summed E-state index contributed by atoms with van der Waals surface area (Å²) in [5, 5.41) is 0. The van der Waals surface area contributed by atoms with Crippen LogP contribution in [0.15, 0.2) is 12.4 Å². The topological polar surface area (TPSA) is 78.1 Å². The summed E-state index contributed by atoms with van der Waals surface area (Å²) in [6.45, 7) is 2.76. The molecule has 2 heterocycles. The van der Waals surface area contributed by atoms with Crippen LogP contribution in [-0.4, -0.2) is 35.3 Å². The number of nitrogens with one attached hydrogen (secondary N) is 2. The van der Waals surface area contributed by atoms with Gasteiger partial charge < -0.3 is 4.98 Å². The maximum absolute atomic E-state index is 12.1. The number of aromatic amines is 1. The minimum absolute atomic E-state index is 0.0813. The largest absolute Gasteiger partial charge is 0.347 e. The van der Waals surface area contributed by atoms with Gasteiger partial charge in [0.15, 0.2) is 0 Å². The summed E-state index contributed by atoms with van der Waals surface area (Å²) in [6, 6.07) is 0.0813. The fourth-order valence-corrected chi connectivity index (χ4v) is 3.50. The number of aromatic nitrogens is 2. The Morgan fingerprint density at radius 2 is 2.41 bits per heavy atom. The molecular weight excluding hydrogens is 240 g/mol. The molecule has 1 aliphatic heterocycles. The molecule has 0 spiro atoms. The Kier molecular flexibility index (Phi) is 3.80. The summed E-state index contributed by atoms with van der Waals surface area (Å²) in [7, 11) is -3.39. The highest BCUT2D eigenvalue weighted by Crippen LogP contribution is 2.19. The molecule has 6 nitrogen and oxygen atoms in total. The summed E-state index contributed by atoms with van der Waals surface area (Å²) in [5.41, 5.74) is 0. The third-order valence-electron chi connectivity index (χ3n) is 3.03. The summed E-state index contributed by atoms with van der Waals surface area (Å²) >= 11 is 0. The van der Waals surface area contributed by atoms with E-state index in [2.05, 4.69) is 14.7 Å². The molecule has 7 heteroatoms. The minimum atomic E-state index is -3.39. The first kappa shape index (κ1) is 12.5. The molecule has 2 N–H and O–H groups in total. The van der Waals surface area contributed by atoms with Crippen LogP contribution in [0, 0.1) is 0 Å². The summed E-state index contributed by atoms with van der Waals surface area (Å²) < 4.78 is 28.2. The van der Waals surface area contributed by atoms with Gasteiger partial charge in [-0.05, 0) is 19.8 Å². The minimum Gasteiger partial charge on any atom is -0.347 e. The molecule has 0 saturated carbocycles. The Morgan fingerprint density at radius 1 is 1.59 bits per heavy atom. The van der Waals surface area contributed by atoms with Crippen LogP contribution < -0.4 is 4.72 Å². The van der Waals surface area contributed by atoms with Gasteiger partial charge in [-0.2, -0.15) is 17.4 Å². The van der Waals surface area contributed by atoms with Gasteiger partial charge in [0.05, 0.1) is 6.54 Å². The molecule has 0 aromatic carbocycles. The van der Waals surface area contributed by atoms with Crippen molar-refractivity contribution in [3.8, 4) is 0 Å². The average Bonchev–Trinajstić information content (AvgIpc) is 2.80. The van der Waals surface area contributed by atoms with Gasteiger partial charge in [-0.3, -0.25) is 0 Å². The second-order valence-corrected chi connectivity index (χ2v) is 6.03. The van der Waals surface area contributed by atoms with Crippen molar-refractivity contribution in [2.75, 3.05) is 6.54 Å². The van der Waals surface area contributed by atoms with Gasteiger partial charge in [-0.25, -0.2) is 4.98 Å². The molecule has 1 unspecified atom stereocenters. The van der Waals surface area contributed by atoms with Gasteiger partial charge in [0.25, 0.3) is 10.2 Å². The van der Waals surface area contributed by atoms with Crippen LogP contribution in [0.3, 0.4) is 0 Å². The highest BCUT2D eigenvalue weighted by Gasteiger charge is 2.29. The van der Waals surface area contributed by atoms with Gasteiger partial charge in [0, 0.05) is 25.0 Å². The lowest BCUT2D eigenvalue weighted by molar-refractivity contribution is 0.265. The molecule has 17 heavy (non-hydrogen) atoms. The van der Waals surface area contributed by atoms with Gasteiger partial charge in [0.2, 0.25) is 0 Å². The highest BCUT2D eigenvalue weighted by molar-refractivity contribution is 7.87. The Morgan fingerprint density at radius 3 is 3.06 bits per heavy atom. The van der Waals surface area contributed by atoms with Crippen LogP contribution in [0.1, 0.15) is 32.0 Å². The van der Waals surface area contributed by atoms with Crippen LogP contribution >= 0.6 is 0 Å². The third-order valence-corrected chi connectivity index (χ3v) is 4.70. The smallest absolute Gasteiger partial charge is 0.280 e. The van der Waals surface area contributed by atoms with Gasteiger partial charge in [-0.1, -0.05) is 6.42 Å². The number of imidazole rings is 1. The molecule has 1 aromatic rings. The van der Waals surface area contributed by atoms with Crippen LogP contribution in [0.4, 0.5) is 0 Å². The Bertz CT molecular complexity index is 443. The van der Waals surface area contributed by atoms with Crippen molar-refractivity contribution in [3.63, 3.8) is 0 Å². The molecule has 1 aliphatic rings. The van der Waals surface area contributed by atoms with Crippen molar-refractivity contribution in [2.24, 2.45) is 0 Å². The predicted octanol–water partition coefficient (Wildman–Crippen LogP) is 0.618. The van der Waals surface area contributed by atoms with E-state index in [1.807, 2.05) is 6.92 Å². The molecule has 0 amide bonds. The highest BCUT2D eigenvalue weighted by atomic mass is 32.2. The van der Waals surface area contributed by atoms with E-state index in [1.54, 1.807) is 16.7 Å². The molecule has 1 fully saturated rings. The van der Waals surface area contributed by atoms with Gasteiger partial charge in [0.1, 0.15) is 5.82 Å². The van der Waals surface area contributed by atoms with E-state index in [-0.39, 0.29) is 12.6 Å². The molecule has 2 rings (SSSR count). The second kappa shape index (κ2) is 5.16. The molecule has 0 radical (unpaired) electrons. The molecule has 0 bridgehead atoms. The number of piperidine rings is 1. The monoisotopic (exact) mass is 258 g/mol. The van der Waals surface area contributed by atoms with E-state index in [1.165, 1.54) is 0 Å². The molecular formula is C10H18N4O2S. The van der Waals surface area contributed by atoms with Crippen LogP contribution in [0.2, 0.25) is 0 Å². The molecule has 0 aliphatic carbocycles. The molecule has 1 saturated heterocycles. The number of hydrogen-bond acceptors (Lipinski definition) is 3. The van der Waals surface area contributed by atoms with E-state index in [4.69, 9.17) is 0 Å². The first-order chi connectivity index (χ1) is 8.09. The van der Waals surface area contributed by atoms with E-state index in [0.29, 0.717) is 12.4 Å². The fraction of sp³-hybridized carbons (Fsp3) is 0.700. The Hall–Kier alpha value is -0.920. The van der Waals surface area contributed by atoms with Crippen molar-refractivity contribution < 1.29 is 8.42 Å². The van der Waals surface area contributed by atoms with E-state index < -0.39 is 10.2 Å². The van der Waals surface area contributed by atoms with Crippen molar-refractivity contribution >= 4 is 10.2 Å². The SMILES string of the molecule is CC1CCCCN1S(=O)(=O)NCc1ncc[nH]1. The first-order valence-electron chi connectivity index (χ1n) is 5.84. The summed E-state index contributed by atoms with van der Waals surface area (Å²) in [5.74, 6) is 0.623. The Balaban J connectivity index is 1.98. The lowest BCUT2D eigenvalue weighted by Crippen LogP contribution is -2.47. The summed E-state index contributed by atoms with van der Waals surface area (Å²) in [6.07, 6.45) is 6.25. The quantitative estimate of drug-likeness (QED) is 0.831. The number of hydrogen-bond donors (Lipinski definition) is 2. The van der Waals surface area contributed by atoms with Crippen LogP contribution in [-0.2, 0) is 16.8 Å². The number of H-pyrrole nitrogens is 1. The fourth-order valence-electron chi connectivity index (χ4n) is 2.07. The van der Waals surface area contributed by atoms with E-state index >= 15 is 0 Å². The van der Waals surface area contributed by atoms with Gasteiger partial charge in [-0.15, -0.1) is 0 Å². The zero-order valence-corrected chi connectivity index (χ0v) is 10.7. The number of nitrogens with zero attached hydrogens (tertiary/aromatic N) is 2. The standard InChI is InChI=1S/C10H18N4O2S/c1-9-4-2-3-7-14(9)17(15,16)13-8-10-11-5-6-12-10/h5-6,9,13H,2-4,7-8H2,1H3,(H,11,12).